The molecule has 0 spiro atoms. The number of fused-ring (bicyclic) bond motifs is 1. The van der Waals surface area contributed by atoms with E-state index in [1.54, 1.807) is 17.9 Å². The van der Waals surface area contributed by atoms with Crippen LogP contribution in [0.2, 0.25) is 5.02 Å². The van der Waals surface area contributed by atoms with E-state index in [1.165, 1.54) is 26.4 Å². The molecule has 2 aromatic carbocycles. The number of nitrogens with one attached hydrogen (secondary N) is 1. The largest absolute Gasteiger partial charge is 0.493 e. The summed E-state index contributed by atoms with van der Waals surface area (Å²) in [5.74, 6) is -0.0362. The molecule has 0 saturated carbocycles. The van der Waals surface area contributed by atoms with Gasteiger partial charge in [-0.2, -0.15) is 0 Å². The molecule has 2 aromatic rings. The minimum atomic E-state index is -0.512. The van der Waals surface area contributed by atoms with E-state index >= 15 is 0 Å². The van der Waals surface area contributed by atoms with Crippen molar-refractivity contribution in [3.63, 3.8) is 0 Å². The van der Waals surface area contributed by atoms with Crippen LogP contribution in [0.3, 0.4) is 0 Å². The Bertz CT molecular complexity index is 1020. The molecule has 0 aliphatic carbocycles. The van der Waals surface area contributed by atoms with E-state index in [9.17, 15) is 14.0 Å². The number of nitrogens with zero attached hydrogens (tertiary/aromatic N) is 1. The molecule has 1 aliphatic heterocycles. The molecular formula is C23H26ClFN2O5. The Kier molecular flexibility index (Phi) is 7.45. The van der Waals surface area contributed by atoms with Gasteiger partial charge in [-0.25, -0.2) is 9.18 Å². The number of amides is 2. The van der Waals surface area contributed by atoms with Crippen molar-refractivity contribution in [2.24, 2.45) is 0 Å². The zero-order valence-corrected chi connectivity index (χ0v) is 19.2. The molecule has 2 atom stereocenters. The van der Waals surface area contributed by atoms with Gasteiger partial charge in [0.2, 0.25) is 0 Å². The highest BCUT2D eigenvalue weighted by molar-refractivity contribution is 6.33. The van der Waals surface area contributed by atoms with Crippen molar-refractivity contribution < 1.29 is 28.2 Å². The van der Waals surface area contributed by atoms with Crippen molar-refractivity contribution in [3.8, 4) is 11.5 Å². The van der Waals surface area contributed by atoms with Gasteiger partial charge in [0, 0.05) is 24.6 Å². The summed E-state index contributed by atoms with van der Waals surface area (Å²) in [5, 5.41) is 2.91. The number of halogens is 2. The van der Waals surface area contributed by atoms with Crippen molar-refractivity contribution in [1.29, 1.82) is 0 Å². The second kappa shape index (κ2) is 10.1. The van der Waals surface area contributed by atoms with E-state index in [1.807, 2.05) is 13.0 Å². The Morgan fingerprint density at radius 1 is 1.19 bits per heavy atom. The maximum atomic E-state index is 13.3. The number of rotatable bonds is 6. The third-order valence-corrected chi connectivity index (χ3v) is 5.76. The van der Waals surface area contributed by atoms with E-state index in [-0.39, 0.29) is 35.7 Å². The van der Waals surface area contributed by atoms with Crippen LogP contribution in [-0.4, -0.2) is 45.4 Å². The van der Waals surface area contributed by atoms with Gasteiger partial charge < -0.3 is 19.5 Å². The van der Waals surface area contributed by atoms with Gasteiger partial charge in [-0.15, -0.1) is 0 Å². The van der Waals surface area contributed by atoms with Crippen LogP contribution in [0, 0.1) is 5.82 Å². The Morgan fingerprint density at radius 3 is 2.50 bits per heavy atom. The number of methoxy groups -OCH3 is 2. The van der Waals surface area contributed by atoms with Gasteiger partial charge in [0.25, 0.3) is 5.91 Å². The average molecular weight is 465 g/mol. The maximum absolute atomic E-state index is 13.3. The molecule has 0 bridgehead atoms. The van der Waals surface area contributed by atoms with Gasteiger partial charge >= 0.3 is 6.09 Å². The number of hydrogen-bond donors (Lipinski definition) is 1. The van der Waals surface area contributed by atoms with E-state index in [2.05, 4.69) is 5.32 Å². The summed E-state index contributed by atoms with van der Waals surface area (Å²) >= 11 is 6.02. The molecule has 2 amide bonds. The Hall–Kier alpha value is -3.00. The van der Waals surface area contributed by atoms with Gasteiger partial charge in [-0.1, -0.05) is 11.6 Å². The first-order valence-electron chi connectivity index (χ1n) is 10.3. The SMILES string of the molecule is CCOC(=O)N1c2cc(OC)c(OC)cc2C(CNC(=O)c2ccc(F)cc2Cl)CC1C. The Balaban J connectivity index is 1.92. The number of hydrogen-bond acceptors (Lipinski definition) is 5. The number of anilines is 1. The van der Waals surface area contributed by atoms with Crippen molar-refractivity contribution >= 4 is 29.3 Å². The molecular weight excluding hydrogens is 439 g/mol. The summed E-state index contributed by atoms with van der Waals surface area (Å²) in [6.07, 6.45) is 0.132. The highest BCUT2D eigenvalue weighted by atomic mass is 35.5. The minimum absolute atomic E-state index is 0.0415. The van der Waals surface area contributed by atoms with E-state index < -0.39 is 17.8 Å². The summed E-state index contributed by atoms with van der Waals surface area (Å²) in [5.41, 5.74) is 1.65. The molecule has 0 radical (unpaired) electrons. The topological polar surface area (TPSA) is 77.1 Å². The van der Waals surface area contributed by atoms with Crippen LogP contribution in [0.1, 0.15) is 42.1 Å². The van der Waals surface area contributed by atoms with Crippen LogP contribution in [0.15, 0.2) is 30.3 Å². The maximum Gasteiger partial charge on any atom is 0.414 e. The summed E-state index contributed by atoms with van der Waals surface area (Å²) in [6.45, 7) is 4.21. The lowest BCUT2D eigenvalue weighted by Crippen LogP contribution is -2.45. The van der Waals surface area contributed by atoms with Crippen LogP contribution in [-0.2, 0) is 4.74 Å². The molecule has 1 heterocycles. The number of ether oxygens (including phenoxy) is 3. The fourth-order valence-electron chi connectivity index (χ4n) is 3.95. The number of carbonyl (C=O) groups excluding carboxylic acids is 2. The highest BCUT2D eigenvalue weighted by Crippen LogP contribution is 2.44. The van der Waals surface area contributed by atoms with Crippen molar-refractivity contribution in [2.45, 2.75) is 32.2 Å². The lowest BCUT2D eigenvalue weighted by Gasteiger charge is -2.39. The first-order valence-corrected chi connectivity index (χ1v) is 10.6. The molecule has 9 heteroatoms. The summed E-state index contributed by atoms with van der Waals surface area (Å²) < 4.78 is 29.4. The quantitative estimate of drug-likeness (QED) is 0.666. The van der Waals surface area contributed by atoms with Crippen molar-refractivity contribution in [2.75, 3.05) is 32.3 Å². The summed E-state index contributed by atoms with van der Waals surface area (Å²) in [6, 6.07) is 7.01. The lowest BCUT2D eigenvalue weighted by molar-refractivity contribution is 0.0949. The van der Waals surface area contributed by atoms with Crippen LogP contribution in [0.5, 0.6) is 11.5 Å². The van der Waals surface area contributed by atoms with Gasteiger partial charge in [0.1, 0.15) is 5.82 Å². The van der Waals surface area contributed by atoms with Gasteiger partial charge in [0.05, 0.1) is 37.1 Å². The van der Waals surface area contributed by atoms with Crippen molar-refractivity contribution in [3.05, 3.63) is 52.3 Å². The molecule has 32 heavy (non-hydrogen) atoms. The molecule has 1 N–H and O–H groups in total. The average Bonchev–Trinajstić information content (AvgIpc) is 2.76. The zero-order valence-electron chi connectivity index (χ0n) is 18.4. The molecule has 0 aromatic heterocycles. The Morgan fingerprint density at radius 2 is 1.88 bits per heavy atom. The number of carbonyl (C=O) groups is 2. The molecule has 0 saturated heterocycles. The van der Waals surface area contributed by atoms with Crippen LogP contribution in [0.4, 0.5) is 14.9 Å². The molecule has 1 aliphatic rings. The smallest absolute Gasteiger partial charge is 0.414 e. The van der Waals surface area contributed by atoms with Crippen LogP contribution >= 0.6 is 11.6 Å². The predicted molar refractivity (Wildman–Crippen MR) is 120 cm³/mol. The monoisotopic (exact) mass is 464 g/mol. The fourth-order valence-corrected chi connectivity index (χ4v) is 4.20. The molecule has 0 fully saturated rings. The summed E-state index contributed by atoms with van der Waals surface area (Å²) in [7, 11) is 3.06. The first-order chi connectivity index (χ1) is 15.3. The lowest BCUT2D eigenvalue weighted by atomic mass is 9.85. The third-order valence-electron chi connectivity index (χ3n) is 5.45. The molecule has 3 rings (SSSR count). The molecule has 2 unspecified atom stereocenters. The predicted octanol–water partition coefficient (Wildman–Crippen LogP) is 4.77. The second-order valence-electron chi connectivity index (χ2n) is 7.45. The van der Waals surface area contributed by atoms with E-state index in [4.69, 9.17) is 25.8 Å². The van der Waals surface area contributed by atoms with Gasteiger partial charge in [-0.3, -0.25) is 9.69 Å². The normalized spacial score (nSPS) is 17.4. The highest BCUT2D eigenvalue weighted by Gasteiger charge is 2.36. The Labute approximate surface area is 191 Å². The van der Waals surface area contributed by atoms with Gasteiger partial charge in [-0.05, 0) is 50.1 Å². The summed E-state index contributed by atoms with van der Waals surface area (Å²) in [4.78, 5) is 26.9. The molecule has 7 nitrogen and oxygen atoms in total. The number of benzene rings is 2. The standard InChI is InChI=1S/C23H26ClFN2O5/c1-5-32-23(29)27-13(2)8-14(17-10-20(30-3)21(31-4)11-19(17)27)12-26-22(28)16-7-6-15(25)9-18(16)24/h6-7,9-11,13-14H,5,8,12H2,1-4H3,(H,26,28). The molecule has 172 valence electrons. The third kappa shape index (κ3) is 4.75. The van der Waals surface area contributed by atoms with Crippen LogP contribution in [0.25, 0.3) is 0 Å². The second-order valence-corrected chi connectivity index (χ2v) is 7.86. The zero-order chi connectivity index (χ0) is 23.4. The van der Waals surface area contributed by atoms with Crippen LogP contribution < -0.4 is 19.7 Å². The van der Waals surface area contributed by atoms with Gasteiger partial charge in [0.15, 0.2) is 11.5 Å². The van der Waals surface area contributed by atoms with E-state index in [0.717, 1.165) is 11.6 Å². The fraction of sp³-hybridized carbons (Fsp3) is 0.391. The first kappa shape index (κ1) is 23.7. The van der Waals surface area contributed by atoms with E-state index in [0.29, 0.717) is 23.6 Å². The van der Waals surface area contributed by atoms with Crippen molar-refractivity contribution in [1.82, 2.24) is 5.32 Å². The minimum Gasteiger partial charge on any atom is -0.493 e.